The first kappa shape index (κ1) is 16.1. The Hall–Kier alpha value is -1.73. The summed E-state index contributed by atoms with van der Waals surface area (Å²) in [6.07, 6.45) is 4.96. The summed E-state index contributed by atoms with van der Waals surface area (Å²) < 4.78 is 1.84. The molecule has 3 rings (SSSR count). The summed E-state index contributed by atoms with van der Waals surface area (Å²) in [5.74, 6) is 0.472. The number of nitrogens with zero attached hydrogens (tertiary/aromatic N) is 3. The molecule has 1 amide bonds. The van der Waals surface area contributed by atoms with Crippen LogP contribution in [-0.4, -0.2) is 40.3 Å². The molecule has 1 aliphatic rings. The molecule has 1 atom stereocenters. The lowest BCUT2D eigenvalue weighted by molar-refractivity contribution is -0.121. The molecule has 0 spiro atoms. The van der Waals surface area contributed by atoms with Gasteiger partial charge in [-0.15, -0.1) is 11.3 Å². The molecule has 2 aromatic rings. The average Bonchev–Trinajstić information content (AvgIpc) is 3.18. The van der Waals surface area contributed by atoms with Crippen LogP contribution in [0.25, 0.3) is 0 Å². The second kappa shape index (κ2) is 7.70. The number of piperidine rings is 1. The van der Waals surface area contributed by atoms with Crippen molar-refractivity contribution in [3.05, 3.63) is 34.0 Å². The van der Waals surface area contributed by atoms with Gasteiger partial charge in [-0.1, -0.05) is 0 Å². The summed E-state index contributed by atoms with van der Waals surface area (Å²) in [5, 5.41) is 10.7. The SMILES string of the molecule is Cc1ncsc1CCNC(=O)Cn1nccc1C1CCCNC1. The Morgan fingerprint density at radius 1 is 1.57 bits per heavy atom. The van der Waals surface area contributed by atoms with E-state index in [1.165, 1.54) is 11.3 Å². The number of nitrogens with one attached hydrogen (secondary N) is 2. The third-order valence-corrected chi connectivity index (χ3v) is 5.27. The van der Waals surface area contributed by atoms with E-state index in [9.17, 15) is 4.79 Å². The van der Waals surface area contributed by atoms with Crippen molar-refractivity contribution in [1.82, 2.24) is 25.4 Å². The molecule has 0 aliphatic carbocycles. The van der Waals surface area contributed by atoms with Crippen LogP contribution < -0.4 is 10.6 Å². The van der Waals surface area contributed by atoms with Crippen LogP contribution in [0.4, 0.5) is 0 Å². The molecule has 0 radical (unpaired) electrons. The highest BCUT2D eigenvalue weighted by Gasteiger charge is 2.19. The number of aryl methyl sites for hydroxylation is 1. The predicted octanol–water partition coefficient (Wildman–Crippen LogP) is 1.47. The molecule has 124 valence electrons. The van der Waals surface area contributed by atoms with Gasteiger partial charge < -0.3 is 10.6 Å². The molecule has 1 aliphatic heterocycles. The van der Waals surface area contributed by atoms with E-state index in [4.69, 9.17) is 0 Å². The van der Waals surface area contributed by atoms with Crippen molar-refractivity contribution in [2.24, 2.45) is 0 Å². The summed E-state index contributed by atoms with van der Waals surface area (Å²) in [4.78, 5) is 17.6. The van der Waals surface area contributed by atoms with E-state index in [2.05, 4.69) is 20.7 Å². The number of amides is 1. The van der Waals surface area contributed by atoms with Gasteiger partial charge in [-0.3, -0.25) is 9.48 Å². The standard InChI is InChI=1S/C16H23N5OS/c1-12-15(23-11-19-12)5-7-18-16(22)10-21-14(4-8-20-21)13-3-2-6-17-9-13/h4,8,11,13,17H,2-3,5-7,9-10H2,1H3,(H,18,22). The van der Waals surface area contributed by atoms with Crippen LogP contribution in [0.15, 0.2) is 17.8 Å². The van der Waals surface area contributed by atoms with E-state index < -0.39 is 0 Å². The van der Waals surface area contributed by atoms with Crippen LogP contribution in [0.5, 0.6) is 0 Å². The molecule has 3 heterocycles. The van der Waals surface area contributed by atoms with Crippen LogP contribution in [0, 0.1) is 6.92 Å². The second-order valence-corrected chi connectivity index (χ2v) is 6.86. The number of carbonyl (C=O) groups excluding carboxylic acids is 1. The summed E-state index contributed by atoms with van der Waals surface area (Å²) in [5.41, 5.74) is 4.06. The minimum Gasteiger partial charge on any atom is -0.354 e. The van der Waals surface area contributed by atoms with Crippen molar-refractivity contribution < 1.29 is 4.79 Å². The minimum atomic E-state index is 0.0147. The van der Waals surface area contributed by atoms with Gasteiger partial charge in [-0.05, 0) is 32.4 Å². The number of thiazole rings is 1. The Morgan fingerprint density at radius 3 is 3.22 bits per heavy atom. The zero-order valence-corrected chi connectivity index (χ0v) is 14.2. The molecule has 1 fully saturated rings. The molecule has 2 aromatic heterocycles. The maximum Gasteiger partial charge on any atom is 0.241 e. The highest BCUT2D eigenvalue weighted by atomic mass is 32.1. The zero-order valence-electron chi connectivity index (χ0n) is 13.4. The Kier molecular flexibility index (Phi) is 5.40. The fourth-order valence-electron chi connectivity index (χ4n) is 3.00. The van der Waals surface area contributed by atoms with Gasteiger partial charge in [0.25, 0.3) is 0 Å². The number of aromatic nitrogens is 3. The molecular formula is C16H23N5OS. The number of rotatable bonds is 6. The molecule has 0 aromatic carbocycles. The van der Waals surface area contributed by atoms with Crippen LogP contribution >= 0.6 is 11.3 Å². The van der Waals surface area contributed by atoms with Crippen molar-refractivity contribution in [2.75, 3.05) is 19.6 Å². The zero-order chi connectivity index (χ0) is 16.1. The van der Waals surface area contributed by atoms with Crippen molar-refractivity contribution in [3.63, 3.8) is 0 Å². The smallest absolute Gasteiger partial charge is 0.241 e. The molecule has 1 saturated heterocycles. The molecule has 23 heavy (non-hydrogen) atoms. The molecule has 2 N–H and O–H groups in total. The van der Waals surface area contributed by atoms with Crippen LogP contribution in [0.2, 0.25) is 0 Å². The van der Waals surface area contributed by atoms with Gasteiger partial charge in [0.05, 0.1) is 11.2 Å². The quantitative estimate of drug-likeness (QED) is 0.840. The molecule has 6 nitrogen and oxygen atoms in total. The molecule has 7 heteroatoms. The summed E-state index contributed by atoms with van der Waals surface area (Å²) in [6, 6.07) is 2.03. The minimum absolute atomic E-state index is 0.0147. The predicted molar refractivity (Wildman–Crippen MR) is 90.6 cm³/mol. The summed E-state index contributed by atoms with van der Waals surface area (Å²) >= 11 is 1.64. The van der Waals surface area contributed by atoms with Gasteiger partial charge in [0, 0.05) is 42.2 Å². The fourth-order valence-corrected chi connectivity index (χ4v) is 3.78. The highest BCUT2D eigenvalue weighted by Crippen LogP contribution is 2.22. The molecule has 0 saturated carbocycles. The lowest BCUT2D eigenvalue weighted by atomic mass is 9.96. The average molecular weight is 333 g/mol. The normalized spacial score (nSPS) is 18.0. The van der Waals surface area contributed by atoms with Gasteiger partial charge >= 0.3 is 0 Å². The fraction of sp³-hybridized carbons (Fsp3) is 0.562. The van der Waals surface area contributed by atoms with E-state index in [-0.39, 0.29) is 5.91 Å². The van der Waals surface area contributed by atoms with E-state index in [0.717, 1.165) is 37.3 Å². The van der Waals surface area contributed by atoms with Crippen LogP contribution in [-0.2, 0) is 17.8 Å². The van der Waals surface area contributed by atoms with Crippen LogP contribution in [0.1, 0.15) is 35.0 Å². The van der Waals surface area contributed by atoms with Gasteiger partial charge in [-0.2, -0.15) is 5.10 Å². The molecule has 0 bridgehead atoms. The largest absolute Gasteiger partial charge is 0.354 e. The monoisotopic (exact) mass is 333 g/mol. The van der Waals surface area contributed by atoms with Gasteiger partial charge in [0.2, 0.25) is 5.91 Å². The first-order chi connectivity index (χ1) is 11.2. The lowest BCUT2D eigenvalue weighted by Gasteiger charge is -2.23. The van der Waals surface area contributed by atoms with E-state index in [1.807, 2.05) is 23.2 Å². The Bertz CT molecular complexity index is 644. The Balaban J connectivity index is 1.50. The molecular weight excluding hydrogens is 310 g/mol. The first-order valence-corrected chi connectivity index (χ1v) is 9.00. The van der Waals surface area contributed by atoms with Crippen molar-refractivity contribution in [2.45, 2.75) is 38.6 Å². The van der Waals surface area contributed by atoms with Crippen molar-refractivity contribution >= 4 is 17.2 Å². The van der Waals surface area contributed by atoms with E-state index in [1.54, 1.807) is 17.5 Å². The van der Waals surface area contributed by atoms with Crippen molar-refractivity contribution in [3.8, 4) is 0 Å². The van der Waals surface area contributed by atoms with Crippen LogP contribution in [0.3, 0.4) is 0 Å². The number of carbonyl (C=O) groups is 1. The first-order valence-electron chi connectivity index (χ1n) is 8.12. The maximum atomic E-state index is 12.2. The van der Waals surface area contributed by atoms with E-state index >= 15 is 0 Å². The van der Waals surface area contributed by atoms with E-state index in [0.29, 0.717) is 19.0 Å². The summed E-state index contributed by atoms with van der Waals surface area (Å²) in [6.45, 7) is 4.99. The summed E-state index contributed by atoms with van der Waals surface area (Å²) in [7, 11) is 0. The highest BCUT2D eigenvalue weighted by molar-refractivity contribution is 7.09. The number of hydrogen-bond acceptors (Lipinski definition) is 5. The van der Waals surface area contributed by atoms with Crippen molar-refractivity contribution in [1.29, 1.82) is 0 Å². The second-order valence-electron chi connectivity index (χ2n) is 5.92. The maximum absolute atomic E-state index is 12.2. The topological polar surface area (TPSA) is 71.8 Å². The molecule has 1 unspecified atom stereocenters. The third-order valence-electron chi connectivity index (χ3n) is 4.28. The number of hydrogen-bond donors (Lipinski definition) is 2. The third kappa shape index (κ3) is 4.17. The van der Waals surface area contributed by atoms with Gasteiger partial charge in [0.1, 0.15) is 6.54 Å². The Labute approximate surface area is 140 Å². The Morgan fingerprint density at radius 2 is 2.48 bits per heavy atom. The lowest BCUT2D eigenvalue weighted by Crippen LogP contribution is -2.33. The van der Waals surface area contributed by atoms with Gasteiger partial charge in [-0.25, -0.2) is 4.98 Å². The van der Waals surface area contributed by atoms with Gasteiger partial charge in [0.15, 0.2) is 0 Å².